The molecule has 0 radical (unpaired) electrons. The average molecular weight is 409 g/mol. The molecule has 2 N–H and O–H groups in total. The van der Waals surface area contributed by atoms with Gasteiger partial charge in [-0.3, -0.25) is 9.59 Å². The molecule has 6 heteroatoms. The second-order valence-corrected chi connectivity index (χ2v) is 8.12. The first-order chi connectivity index (χ1) is 14.5. The van der Waals surface area contributed by atoms with Crippen LogP contribution in [-0.2, 0) is 4.79 Å². The van der Waals surface area contributed by atoms with Gasteiger partial charge in [-0.25, -0.2) is 0 Å². The van der Waals surface area contributed by atoms with Gasteiger partial charge in [0.25, 0.3) is 5.91 Å². The molecular weight excluding hydrogens is 382 g/mol. The molecule has 0 bridgehead atoms. The predicted octanol–water partition coefficient (Wildman–Crippen LogP) is 3.58. The molecule has 4 rings (SSSR count). The van der Waals surface area contributed by atoms with Crippen molar-refractivity contribution in [3.8, 4) is 11.5 Å². The molecule has 158 valence electrons. The van der Waals surface area contributed by atoms with E-state index in [9.17, 15) is 14.7 Å². The highest BCUT2D eigenvalue weighted by atomic mass is 16.5. The topological polar surface area (TPSA) is 84.9 Å². The Kier molecular flexibility index (Phi) is 6.04. The van der Waals surface area contributed by atoms with E-state index >= 15 is 0 Å². The number of carbonyl (C=O) groups excluding carboxylic acids is 2. The molecule has 1 saturated carbocycles. The number of benzene rings is 2. The summed E-state index contributed by atoms with van der Waals surface area (Å²) >= 11 is 0. The molecule has 1 spiro atoms. The molecule has 2 aliphatic rings. The first-order valence-corrected chi connectivity index (χ1v) is 10.5. The quantitative estimate of drug-likeness (QED) is 0.762. The highest BCUT2D eigenvalue weighted by Crippen LogP contribution is 2.42. The van der Waals surface area contributed by atoms with E-state index < -0.39 is 6.10 Å². The van der Waals surface area contributed by atoms with Crippen LogP contribution in [0.25, 0.3) is 0 Å². The number of ketones is 1. The van der Waals surface area contributed by atoms with Crippen LogP contribution < -0.4 is 14.8 Å². The zero-order valence-corrected chi connectivity index (χ0v) is 16.9. The van der Waals surface area contributed by atoms with Crippen molar-refractivity contribution in [2.75, 3.05) is 13.2 Å². The Morgan fingerprint density at radius 2 is 1.90 bits per heavy atom. The minimum atomic E-state index is -0.773. The van der Waals surface area contributed by atoms with Crippen LogP contribution in [0.5, 0.6) is 11.5 Å². The molecular formula is C24H27NO5. The summed E-state index contributed by atoms with van der Waals surface area (Å²) in [6.07, 6.45) is 4.80. The van der Waals surface area contributed by atoms with Gasteiger partial charge in [-0.15, -0.1) is 0 Å². The summed E-state index contributed by atoms with van der Waals surface area (Å²) in [4.78, 5) is 24.7. The number of nitrogens with one attached hydrogen (secondary N) is 1. The molecule has 2 aromatic carbocycles. The Bertz CT molecular complexity index is 905. The highest BCUT2D eigenvalue weighted by Gasteiger charge is 2.41. The Morgan fingerprint density at radius 3 is 2.67 bits per heavy atom. The Hall–Kier alpha value is -2.86. The zero-order valence-electron chi connectivity index (χ0n) is 16.9. The van der Waals surface area contributed by atoms with Crippen LogP contribution >= 0.6 is 0 Å². The Morgan fingerprint density at radius 1 is 1.13 bits per heavy atom. The molecule has 1 aliphatic heterocycles. The molecule has 0 saturated heterocycles. The summed E-state index contributed by atoms with van der Waals surface area (Å²) in [6.45, 7) is -0.0735. The number of hydrogen-bond donors (Lipinski definition) is 2. The van der Waals surface area contributed by atoms with Crippen LogP contribution in [-0.4, -0.2) is 35.5 Å². The molecule has 1 amide bonds. The molecule has 0 unspecified atom stereocenters. The largest absolute Gasteiger partial charge is 0.486 e. The second kappa shape index (κ2) is 8.88. The minimum Gasteiger partial charge on any atom is -0.486 e. The van der Waals surface area contributed by atoms with Gasteiger partial charge in [0.2, 0.25) is 0 Å². The monoisotopic (exact) mass is 409 g/mol. The highest BCUT2D eigenvalue weighted by molar-refractivity contribution is 6.00. The first kappa shape index (κ1) is 20.4. The molecule has 1 atom stereocenters. The SMILES string of the molecule is O=C(COc1ccc2c(c1)OC1(CCCCC1)CC2=O)NC[C@H](O)c1ccccc1. The van der Waals surface area contributed by atoms with Crippen LogP contribution in [0, 0.1) is 0 Å². The molecule has 1 heterocycles. The summed E-state index contributed by atoms with van der Waals surface area (Å²) in [5, 5.41) is 12.8. The number of aliphatic hydroxyl groups excluding tert-OH is 1. The van der Waals surface area contributed by atoms with Gasteiger partial charge in [0.1, 0.15) is 17.1 Å². The van der Waals surface area contributed by atoms with Gasteiger partial charge >= 0.3 is 0 Å². The van der Waals surface area contributed by atoms with Crippen molar-refractivity contribution in [2.45, 2.75) is 50.2 Å². The number of aliphatic hydroxyl groups is 1. The fourth-order valence-corrected chi connectivity index (χ4v) is 4.24. The standard InChI is InChI=1S/C24H27NO5/c26-20-14-24(11-5-2-6-12-24)30-22-13-18(9-10-19(20)22)29-16-23(28)25-15-21(27)17-7-3-1-4-8-17/h1,3-4,7-10,13,21,27H,2,5-6,11-12,14-16H2,(H,25,28)/t21-/m0/s1. The molecule has 2 aromatic rings. The van der Waals surface area contributed by atoms with E-state index in [0.29, 0.717) is 23.5 Å². The number of Topliss-reactive ketones (excluding diaryl/α,β-unsaturated/α-hetero) is 1. The van der Waals surface area contributed by atoms with Gasteiger partial charge in [0, 0.05) is 12.6 Å². The van der Waals surface area contributed by atoms with Gasteiger partial charge in [-0.05, 0) is 43.4 Å². The third-order valence-corrected chi connectivity index (χ3v) is 5.87. The van der Waals surface area contributed by atoms with E-state index in [4.69, 9.17) is 9.47 Å². The first-order valence-electron chi connectivity index (χ1n) is 10.5. The van der Waals surface area contributed by atoms with Crippen LogP contribution in [0.3, 0.4) is 0 Å². The maximum Gasteiger partial charge on any atom is 0.258 e. The van der Waals surface area contributed by atoms with E-state index in [1.807, 2.05) is 18.2 Å². The summed E-state index contributed by atoms with van der Waals surface area (Å²) in [6, 6.07) is 14.3. The van der Waals surface area contributed by atoms with Gasteiger partial charge in [-0.1, -0.05) is 36.8 Å². The van der Waals surface area contributed by atoms with E-state index in [-0.39, 0.29) is 30.4 Å². The van der Waals surface area contributed by atoms with Crippen molar-refractivity contribution in [2.24, 2.45) is 0 Å². The van der Waals surface area contributed by atoms with Crippen LogP contribution in [0.15, 0.2) is 48.5 Å². The number of amides is 1. The van der Waals surface area contributed by atoms with E-state index in [1.54, 1.807) is 30.3 Å². The number of rotatable bonds is 6. The van der Waals surface area contributed by atoms with Crippen LogP contribution in [0.2, 0.25) is 0 Å². The van der Waals surface area contributed by atoms with Crippen LogP contribution in [0.1, 0.15) is 60.6 Å². The molecule has 1 fully saturated rings. The van der Waals surface area contributed by atoms with Gasteiger partial charge < -0.3 is 19.9 Å². The molecule has 0 aromatic heterocycles. The lowest BCUT2D eigenvalue weighted by Gasteiger charge is -2.40. The smallest absolute Gasteiger partial charge is 0.258 e. The lowest BCUT2D eigenvalue weighted by atomic mass is 9.78. The lowest BCUT2D eigenvalue weighted by molar-refractivity contribution is -0.123. The number of hydrogen-bond acceptors (Lipinski definition) is 5. The zero-order chi connectivity index (χ0) is 21.0. The minimum absolute atomic E-state index is 0.108. The summed E-state index contributed by atoms with van der Waals surface area (Å²) < 4.78 is 11.9. The van der Waals surface area contributed by atoms with Crippen molar-refractivity contribution < 1.29 is 24.2 Å². The third kappa shape index (κ3) is 4.65. The third-order valence-electron chi connectivity index (χ3n) is 5.87. The predicted molar refractivity (Wildman–Crippen MR) is 112 cm³/mol. The maximum absolute atomic E-state index is 12.6. The van der Waals surface area contributed by atoms with Crippen LogP contribution in [0.4, 0.5) is 0 Å². The summed E-state index contributed by atoms with van der Waals surface area (Å²) in [7, 11) is 0. The second-order valence-electron chi connectivity index (χ2n) is 8.12. The number of ether oxygens (including phenoxy) is 2. The number of fused-ring (bicyclic) bond motifs is 1. The van der Waals surface area contributed by atoms with Gasteiger partial charge in [-0.2, -0.15) is 0 Å². The van der Waals surface area contributed by atoms with Gasteiger partial charge in [0.05, 0.1) is 18.1 Å². The normalized spacial score (nSPS) is 18.2. The fourth-order valence-electron chi connectivity index (χ4n) is 4.24. The molecule has 1 aliphatic carbocycles. The van der Waals surface area contributed by atoms with Crippen molar-refractivity contribution in [3.05, 3.63) is 59.7 Å². The molecule has 30 heavy (non-hydrogen) atoms. The Labute approximate surface area is 176 Å². The van der Waals surface area contributed by atoms with E-state index in [0.717, 1.165) is 31.2 Å². The van der Waals surface area contributed by atoms with Crippen molar-refractivity contribution in [1.82, 2.24) is 5.32 Å². The van der Waals surface area contributed by atoms with E-state index in [2.05, 4.69) is 5.32 Å². The van der Waals surface area contributed by atoms with Crippen molar-refractivity contribution in [3.63, 3.8) is 0 Å². The van der Waals surface area contributed by atoms with E-state index in [1.165, 1.54) is 6.42 Å². The fraction of sp³-hybridized carbons (Fsp3) is 0.417. The maximum atomic E-state index is 12.6. The summed E-state index contributed by atoms with van der Waals surface area (Å²) in [5.74, 6) is 0.805. The average Bonchev–Trinajstić information content (AvgIpc) is 2.77. The number of carbonyl (C=O) groups is 2. The molecule has 6 nitrogen and oxygen atoms in total. The van der Waals surface area contributed by atoms with Gasteiger partial charge in [0.15, 0.2) is 12.4 Å². The van der Waals surface area contributed by atoms with Crippen molar-refractivity contribution >= 4 is 11.7 Å². The lowest BCUT2D eigenvalue weighted by Crippen LogP contribution is -2.43. The van der Waals surface area contributed by atoms with Crippen molar-refractivity contribution in [1.29, 1.82) is 0 Å². The summed E-state index contributed by atoms with van der Waals surface area (Å²) in [5.41, 5.74) is 0.937. The Balaban J connectivity index is 1.33.